The van der Waals surface area contributed by atoms with Gasteiger partial charge in [0.15, 0.2) is 0 Å². The Hall–Kier alpha value is 0.610. The molecule has 1 atom stereocenters. The highest BCUT2D eigenvalue weighted by molar-refractivity contribution is 9.13. The molecule has 0 radical (unpaired) electrons. The van der Waals surface area contributed by atoms with Gasteiger partial charge in [-0.15, -0.1) is 11.3 Å². The molecule has 0 fully saturated rings. The molecule has 1 rings (SSSR count). The van der Waals surface area contributed by atoms with Gasteiger partial charge in [-0.1, -0.05) is 22.9 Å². The minimum Gasteiger partial charge on any atom is -0.346 e. The van der Waals surface area contributed by atoms with Crippen molar-refractivity contribution in [1.82, 2.24) is 5.32 Å². The average molecular weight is 448 g/mol. The Morgan fingerprint density at radius 2 is 2.18 bits per heavy atom. The largest absolute Gasteiger partial charge is 0.346 e. The number of carbonyl (C=O) groups is 1. The van der Waals surface area contributed by atoms with Crippen molar-refractivity contribution in [3.8, 4) is 0 Å². The number of hydrogen-bond donors (Lipinski definition) is 1. The molecule has 2 nitrogen and oxygen atoms in total. The van der Waals surface area contributed by atoms with Crippen LogP contribution in [0.2, 0.25) is 0 Å². The molecule has 1 amide bonds. The fraction of sp³-hybridized carbons (Fsp3) is 0.545. The molecule has 0 aliphatic carbocycles. The van der Waals surface area contributed by atoms with Gasteiger partial charge in [-0.05, 0) is 57.7 Å². The number of alkyl halides is 1. The van der Waals surface area contributed by atoms with Crippen LogP contribution < -0.4 is 5.32 Å². The summed E-state index contributed by atoms with van der Waals surface area (Å²) < 4.78 is 1.87. The molecule has 0 saturated heterocycles. The van der Waals surface area contributed by atoms with Crippen molar-refractivity contribution >= 4 is 65.0 Å². The summed E-state index contributed by atoms with van der Waals surface area (Å²) in [5.74, 6) is -0.00769. The van der Waals surface area contributed by atoms with Crippen molar-refractivity contribution in [3.63, 3.8) is 0 Å². The van der Waals surface area contributed by atoms with Crippen LogP contribution in [0.5, 0.6) is 0 Å². The number of hydrogen-bond acceptors (Lipinski definition) is 2. The molecular weight excluding hydrogens is 434 g/mol. The third-order valence-electron chi connectivity index (χ3n) is 2.71. The lowest BCUT2D eigenvalue weighted by atomic mass is 9.95. The number of amides is 1. The van der Waals surface area contributed by atoms with E-state index in [1.807, 2.05) is 6.07 Å². The van der Waals surface area contributed by atoms with E-state index in [2.05, 4.69) is 67.0 Å². The van der Waals surface area contributed by atoms with Gasteiger partial charge in [0.25, 0.3) is 5.91 Å². The minimum atomic E-state index is -0.149. The Labute approximate surface area is 131 Å². The number of nitrogens with one attached hydrogen (secondary N) is 1. The highest BCUT2D eigenvalue weighted by atomic mass is 79.9. The summed E-state index contributed by atoms with van der Waals surface area (Å²) >= 11 is 11.6. The van der Waals surface area contributed by atoms with Gasteiger partial charge in [0.1, 0.15) is 0 Å². The van der Waals surface area contributed by atoms with Crippen LogP contribution in [0.1, 0.15) is 36.4 Å². The maximum absolute atomic E-state index is 12.1. The van der Waals surface area contributed by atoms with E-state index in [0.29, 0.717) is 0 Å². The molecule has 0 saturated carbocycles. The average Bonchev–Trinajstić information content (AvgIpc) is 2.60. The molecule has 96 valence electrons. The molecule has 1 N–H and O–H groups in total. The predicted molar refractivity (Wildman–Crippen MR) is 84.3 cm³/mol. The molecule has 1 unspecified atom stereocenters. The first kappa shape index (κ1) is 15.7. The first-order valence-electron chi connectivity index (χ1n) is 5.25. The van der Waals surface area contributed by atoms with Gasteiger partial charge in [-0.25, -0.2) is 0 Å². The maximum atomic E-state index is 12.1. The van der Waals surface area contributed by atoms with E-state index >= 15 is 0 Å². The zero-order chi connectivity index (χ0) is 13.1. The molecule has 1 aromatic heterocycles. The lowest BCUT2D eigenvalue weighted by Crippen LogP contribution is -2.45. The highest BCUT2D eigenvalue weighted by Crippen LogP contribution is 2.32. The van der Waals surface area contributed by atoms with Gasteiger partial charge in [0.05, 0.1) is 8.66 Å². The van der Waals surface area contributed by atoms with Gasteiger partial charge in [-0.3, -0.25) is 4.79 Å². The fourth-order valence-electron chi connectivity index (χ4n) is 1.33. The summed E-state index contributed by atoms with van der Waals surface area (Å²) in [5, 5.41) is 3.99. The van der Waals surface area contributed by atoms with E-state index in [1.165, 1.54) is 11.3 Å². The summed E-state index contributed by atoms with van der Waals surface area (Å²) in [7, 11) is 0. The fourth-order valence-corrected chi connectivity index (χ4v) is 4.14. The highest BCUT2D eigenvalue weighted by Gasteiger charge is 2.25. The third kappa shape index (κ3) is 4.33. The van der Waals surface area contributed by atoms with Crippen molar-refractivity contribution < 1.29 is 4.79 Å². The molecule has 0 aromatic carbocycles. The molecule has 6 heteroatoms. The van der Waals surface area contributed by atoms with E-state index in [-0.39, 0.29) is 11.4 Å². The molecule has 0 spiro atoms. The van der Waals surface area contributed by atoms with E-state index < -0.39 is 0 Å². The second-order valence-corrected chi connectivity index (χ2v) is 8.06. The van der Waals surface area contributed by atoms with Crippen LogP contribution in [0.25, 0.3) is 0 Å². The van der Waals surface area contributed by atoms with Crippen LogP contribution in [0, 0.1) is 0 Å². The lowest BCUT2D eigenvalue weighted by Gasteiger charge is -2.28. The summed E-state index contributed by atoms with van der Waals surface area (Å²) in [6.07, 6.45) is 1.83. The van der Waals surface area contributed by atoms with Crippen molar-refractivity contribution in [2.45, 2.75) is 32.2 Å². The summed E-state index contributed by atoms with van der Waals surface area (Å²) in [6.45, 7) is 4.16. The Morgan fingerprint density at radius 3 is 2.59 bits per heavy atom. The van der Waals surface area contributed by atoms with E-state index in [9.17, 15) is 4.79 Å². The predicted octanol–water partition coefficient (Wildman–Crippen LogP) is 4.96. The third-order valence-corrected chi connectivity index (χ3v) is 6.36. The summed E-state index contributed by atoms with van der Waals surface area (Å²) in [6, 6.07) is 1.84. The lowest BCUT2D eigenvalue weighted by molar-refractivity contribution is 0.0906. The monoisotopic (exact) mass is 445 g/mol. The van der Waals surface area contributed by atoms with Gasteiger partial charge >= 0.3 is 0 Å². The molecule has 0 aliphatic heterocycles. The quantitative estimate of drug-likeness (QED) is 0.635. The van der Waals surface area contributed by atoms with E-state index in [0.717, 1.165) is 31.3 Å². The number of halogens is 3. The summed E-state index contributed by atoms with van der Waals surface area (Å²) in [4.78, 5) is 12.8. The van der Waals surface area contributed by atoms with Gasteiger partial charge in [0.2, 0.25) is 0 Å². The van der Waals surface area contributed by atoms with Crippen LogP contribution in [0.4, 0.5) is 0 Å². The number of rotatable bonds is 5. The Kier molecular flexibility index (Phi) is 6.16. The van der Waals surface area contributed by atoms with Crippen molar-refractivity contribution in [3.05, 3.63) is 19.2 Å². The zero-order valence-corrected chi connectivity index (χ0v) is 15.2. The van der Waals surface area contributed by atoms with Crippen LogP contribution in [-0.4, -0.2) is 16.8 Å². The standard InChI is InChI=1S/C11H14Br3NOS/c1-3-11(2,4-5-12)15-10(16)8-6-7(13)9(14)17-8/h6H,3-5H2,1-2H3,(H,15,16). The normalized spacial score (nSPS) is 14.4. The van der Waals surface area contributed by atoms with Gasteiger partial charge < -0.3 is 5.32 Å². The second-order valence-electron chi connectivity index (χ2n) is 4.04. The van der Waals surface area contributed by atoms with Gasteiger partial charge in [0, 0.05) is 15.3 Å². The molecular formula is C11H14Br3NOS. The minimum absolute atomic E-state index is 0.00769. The van der Waals surface area contributed by atoms with Crippen molar-refractivity contribution in [1.29, 1.82) is 0 Å². The number of thiophene rings is 1. The van der Waals surface area contributed by atoms with Crippen LogP contribution >= 0.6 is 59.1 Å². The first-order valence-corrected chi connectivity index (χ1v) is 8.77. The van der Waals surface area contributed by atoms with Crippen LogP contribution in [0.3, 0.4) is 0 Å². The topological polar surface area (TPSA) is 29.1 Å². The van der Waals surface area contributed by atoms with Crippen molar-refractivity contribution in [2.24, 2.45) is 0 Å². The zero-order valence-electron chi connectivity index (χ0n) is 9.65. The van der Waals surface area contributed by atoms with Crippen LogP contribution in [0.15, 0.2) is 14.3 Å². The molecule has 0 bridgehead atoms. The Morgan fingerprint density at radius 1 is 1.53 bits per heavy atom. The van der Waals surface area contributed by atoms with E-state index in [1.54, 1.807) is 0 Å². The van der Waals surface area contributed by atoms with Gasteiger partial charge in [-0.2, -0.15) is 0 Å². The Balaban J connectivity index is 2.77. The SMILES string of the molecule is CCC(C)(CCBr)NC(=O)c1cc(Br)c(Br)s1. The molecule has 1 heterocycles. The smallest absolute Gasteiger partial charge is 0.261 e. The number of carbonyl (C=O) groups excluding carboxylic acids is 1. The second kappa shape index (κ2) is 6.68. The molecule has 1 aromatic rings. The van der Waals surface area contributed by atoms with E-state index in [4.69, 9.17) is 0 Å². The van der Waals surface area contributed by atoms with Crippen LogP contribution in [-0.2, 0) is 0 Å². The summed E-state index contributed by atoms with van der Waals surface area (Å²) in [5.41, 5.74) is -0.149. The maximum Gasteiger partial charge on any atom is 0.261 e. The molecule has 17 heavy (non-hydrogen) atoms. The Bertz CT molecular complexity index is 388. The van der Waals surface area contributed by atoms with Crippen molar-refractivity contribution in [2.75, 3.05) is 5.33 Å². The first-order chi connectivity index (χ1) is 7.91. The molecule has 0 aliphatic rings.